The smallest absolute Gasteiger partial charge is 0.281 e. The van der Waals surface area contributed by atoms with E-state index in [1.165, 1.54) is 0 Å². The van der Waals surface area contributed by atoms with Crippen molar-refractivity contribution in [2.45, 2.75) is 41.6 Å². The third kappa shape index (κ3) is 3.26. The highest BCUT2D eigenvalue weighted by molar-refractivity contribution is 7.86. The molecule has 3 nitrogen and oxygen atoms in total. The minimum atomic E-state index is -9.53. The van der Waals surface area contributed by atoms with Crippen LogP contribution in [0.1, 0.15) is 0 Å². The largest absolute Gasteiger partial charge is 0.454 e. The Labute approximate surface area is 146 Å². The average molecular weight is 500 g/mol. The summed E-state index contributed by atoms with van der Waals surface area (Å²) in [6, 6.07) is 0. The Morgan fingerprint density at radius 3 is 0.897 bits per heavy atom. The number of hydrogen-bond donors (Lipinski definition) is 1. The Balaban J connectivity index is 8.48. The quantitative estimate of drug-likeness (QED) is 0.435. The van der Waals surface area contributed by atoms with Crippen molar-refractivity contribution < 1.29 is 87.6 Å². The van der Waals surface area contributed by atoms with Crippen LogP contribution in [0.5, 0.6) is 0 Å². The Kier molecular flexibility index (Phi) is 6.08. The Bertz CT molecular complexity index is 708. The Morgan fingerprint density at radius 1 is 0.483 bits per heavy atom. The maximum absolute atomic E-state index is 13.9. The van der Waals surface area contributed by atoms with Gasteiger partial charge in [0.25, 0.3) is 5.41 Å². The van der Waals surface area contributed by atoms with E-state index < -0.39 is 57.1 Å². The summed E-state index contributed by atoms with van der Waals surface area (Å²) in [4.78, 5) is 0. The molecule has 29 heavy (non-hydrogen) atoms. The molecule has 0 aromatic heterocycles. The molecule has 0 bridgehead atoms. The molecular formula is C8HF17O3S. The lowest BCUT2D eigenvalue weighted by Gasteiger charge is -2.51. The molecule has 1 N–H and O–H groups in total. The van der Waals surface area contributed by atoms with E-state index in [-0.39, 0.29) is 0 Å². The molecular weight excluding hydrogens is 499 g/mol. The summed E-state index contributed by atoms with van der Waals surface area (Å²) in [6.45, 7) is 0. The van der Waals surface area contributed by atoms with Crippen LogP contribution in [0.15, 0.2) is 0 Å². The van der Waals surface area contributed by atoms with Crippen molar-refractivity contribution in [2.75, 3.05) is 0 Å². The van der Waals surface area contributed by atoms with Crippen molar-refractivity contribution in [1.82, 2.24) is 0 Å². The minimum absolute atomic E-state index is 7.89. The first-order valence-corrected chi connectivity index (χ1v) is 7.12. The van der Waals surface area contributed by atoms with Crippen molar-refractivity contribution in [2.24, 2.45) is 5.41 Å². The summed E-state index contributed by atoms with van der Waals surface area (Å²) >= 11 is 0. The van der Waals surface area contributed by atoms with Gasteiger partial charge in [-0.1, -0.05) is 0 Å². The van der Waals surface area contributed by atoms with E-state index in [9.17, 15) is 83.1 Å². The molecule has 1 atom stereocenters. The fourth-order valence-electron chi connectivity index (χ4n) is 2.13. The zero-order valence-electron chi connectivity index (χ0n) is 12.1. The van der Waals surface area contributed by atoms with Gasteiger partial charge in [-0.05, 0) is 0 Å². The van der Waals surface area contributed by atoms with Gasteiger partial charge in [-0.25, -0.2) is 4.39 Å². The zero-order chi connectivity index (χ0) is 24.5. The molecule has 0 amide bonds. The van der Waals surface area contributed by atoms with Gasteiger partial charge in [0.05, 0.1) is 0 Å². The highest BCUT2D eigenvalue weighted by Crippen LogP contribution is 2.74. The number of rotatable bonds is 4. The maximum Gasteiger partial charge on any atom is 0.454 e. The van der Waals surface area contributed by atoms with Crippen molar-refractivity contribution in [3.8, 4) is 0 Å². The van der Waals surface area contributed by atoms with Crippen LogP contribution in [0.4, 0.5) is 74.6 Å². The van der Waals surface area contributed by atoms with Crippen LogP contribution in [0.25, 0.3) is 0 Å². The third-order valence-electron chi connectivity index (χ3n) is 3.31. The van der Waals surface area contributed by atoms with Gasteiger partial charge in [-0.15, -0.1) is 0 Å². The standard InChI is InChI=1S/C8HF17O3S/c9-2(5(15,16)17,6(18,19)20)1(4(12,13)14,3(10,11)7(21,22)23)8(24,25)29(26,27)28/h(H,26,27,28). The van der Waals surface area contributed by atoms with E-state index in [0.29, 0.717) is 0 Å². The maximum atomic E-state index is 13.9. The lowest BCUT2D eigenvalue weighted by atomic mass is 9.65. The lowest BCUT2D eigenvalue weighted by Crippen LogP contribution is -2.83. The second kappa shape index (κ2) is 6.36. The van der Waals surface area contributed by atoms with Gasteiger partial charge in [-0.3, -0.25) is 4.55 Å². The molecule has 0 fully saturated rings. The van der Waals surface area contributed by atoms with E-state index in [1.807, 2.05) is 0 Å². The summed E-state index contributed by atoms with van der Waals surface area (Å²) in [5.41, 5.74) is -18.9. The molecule has 0 saturated heterocycles. The van der Waals surface area contributed by atoms with Gasteiger partial charge in [0.15, 0.2) is 0 Å². The predicted octanol–water partition coefficient (Wildman–Crippen LogP) is 5.05. The molecule has 0 saturated carbocycles. The van der Waals surface area contributed by atoms with Crippen LogP contribution in [0.2, 0.25) is 0 Å². The first kappa shape index (κ1) is 27.7. The molecule has 1 unspecified atom stereocenters. The molecule has 0 aliphatic carbocycles. The fraction of sp³-hybridized carbons (Fsp3) is 1.00. The van der Waals surface area contributed by atoms with Gasteiger partial charge < -0.3 is 0 Å². The van der Waals surface area contributed by atoms with Gasteiger partial charge in [0, 0.05) is 0 Å². The lowest BCUT2D eigenvalue weighted by molar-refractivity contribution is -0.501. The predicted molar refractivity (Wildman–Crippen MR) is 51.9 cm³/mol. The summed E-state index contributed by atoms with van der Waals surface area (Å²) < 4.78 is 247. The van der Waals surface area contributed by atoms with E-state index in [2.05, 4.69) is 0 Å². The molecule has 0 radical (unpaired) electrons. The normalized spacial score (nSPS) is 18.6. The summed E-state index contributed by atoms with van der Waals surface area (Å²) in [6.07, 6.45) is -34.9. The fourth-order valence-corrected chi connectivity index (χ4v) is 2.90. The van der Waals surface area contributed by atoms with Crippen LogP contribution in [0.3, 0.4) is 0 Å². The molecule has 0 spiro atoms. The first-order chi connectivity index (χ1) is 12.0. The summed E-state index contributed by atoms with van der Waals surface area (Å²) in [5, 5.41) is -8.81. The molecule has 0 heterocycles. The Hall–Kier alpha value is -1.28. The highest BCUT2D eigenvalue weighted by atomic mass is 32.2. The van der Waals surface area contributed by atoms with Crippen molar-refractivity contribution in [3.05, 3.63) is 0 Å². The van der Waals surface area contributed by atoms with Crippen molar-refractivity contribution >= 4 is 10.1 Å². The Morgan fingerprint density at radius 2 is 0.759 bits per heavy atom. The average Bonchev–Trinajstić information content (AvgIpc) is 2.30. The van der Waals surface area contributed by atoms with Gasteiger partial charge in [0.1, 0.15) is 0 Å². The van der Waals surface area contributed by atoms with Crippen LogP contribution in [-0.4, -0.2) is 54.5 Å². The van der Waals surface area contributed by atoms with Gasteiger partial charge >= 0.3 is 51.7 Å². The topological polar surface area (TPSA) is 54.4 Å². The molecule has 0 aromatic rings. The van der Waals surface area contributed by atoms with Gasteiger partial charge in [-0.2, -0.15) is 78.7 Å². The second-order valence-electron chi connectivity index (χ2n) is 4.97. The molecule has 0 aromatic carbocycles. The monoisotopic (exact) mass is 500 g/mol. The number of alkyl halides is 17. The van der Waals surface area contributed by atoms with E-state index in [4.69, 9.17) is 4.55 Å². The molecule has 0 aliphatic heterocycles. The van der Waals surface area contributed by atoms with Crippen LogP contribution in [-0.2, 0) is 10.1 Å². The van der Waals surface area contributed by atoms with Gasteiger partial charge in [0.2, 0.25) is 0 Å². The number of halogens is 17. The second-order valence-corrected chi connectivity index (χ2v) is 6.43. The number of hydrogen-bond acceptors (Lipinski definition) is 2. The third-order valence-corrected chi connectivity index (χ3v) is 4.26. The van der Waals surface area contributed by atoms with E-state index in [0.717, 1.165) is 0 Å². The van der Waals surface area contributed by atoms with Crippen LogP contribution in [0, 0.1) is 5.41 Å². The van der Waals surface area contributed by atoms with Crippen molar-refractivity contribution in [1.29, 1.82) is 0 Å². The zero-order valence-corrected chi connectivity index (χ0v) is 12.9. The van der Waals surface area contributed by atoms with Crippen molar-refractivity contribution in [3.63, 3.8) is 0 Å². The highest BCUT2D eigenvalue weighted by Gasteiger charge is 3.05. The molecule has 0 aliphatic rings. The molecule has 176 valence electrons. The first-order valence-electron chi connectivity index (χ1n) is 5.68. The molecule has 21 heteroatoms. The minimum Gasteiger partial charge on any atom is -0.281 e. The summed E-state index contributed by atoms with van der Waals surface area (Å²) in [7, 11) is -8.66. The van der Waals surface area contributed by atoms with E-state index in [1.54, 1.807) is 0 Å². The van der Waals surface area contributed by atoms with Crippen LogP contribution >= 0.6 is 0 Å². The van der Waals surface area contributed by atoms with E-state index >= 15 is 0 Å². The molecule has 0 rings (SSSR count). The summed E-state index contributed by atoms with van der Waals surface area (Å²) in [5.74, 6) is -9.16. The van der Waals surface area contributed by atoms with Crippen LogP contribution < -0.4 is 0 Å². The SMILES string of the molecule is O=S(=O)(O)C(F)(F)C(C(F)(F)F)(C(F)(F)C(F)(F)F)C(F)(C(F)(F)F)C(F)(F)F.